The van der Waals surface area contributed by atoms with E-state index in [0.717, 1.165) is 48.2 Å². The molecule has 1 fully saturated rings. The lowest BCUT2D eigenvalue weighted by molar-refractivity contribution is 0.00675. The van der Waals surface area contributed by atoms with Crippen molar-refractivity contribution < 1.29 is 22.3 Å². The molecule has 3 aromatic rings. The van der Waals surface area contributed by atoms with Crippen LogP contribution in [0.2, 0.25) is 0 Å². The molecule has 1 saturated heterocycles. The van der Waals surface area contributed by atoms with E-state index < -0.39 is 27.2 Å². The van der Waals surface area contributed by atoms with Gasteiger partial charge in [0.25, 0.3) is 0 Å². The molecule has 5 rings (SSSR count). The van der Waals surface area contributed by atoms with Gasteiger partial charge in [-0.3, -0.25) is 0 Å². The van der Waals surface area contributed by atoms with E-state index in [0.29, 0.717) is 11.4 Å². The third kappa shape index (κ3) is 3.56. The lowest BCUT2D eigenvalue weighted by atomic mass is 9.96. The Kier molecular flexibility index (Phi) is 4.95. The molecular formula is C25H27FN2O4S. The first-order chi connectivity index (χ1) is 15.5. The van der Waals surface area contributed by atoms with Crippen LogP contribution in [0.1, 0.15) is 61.3 Å². The van der Waals surface area contributed by atoms with Gasteiger partial charge in [-0.25, -0.2) is 17.6 Å². The predicted octanol–water partition coefficient (Wildman–Crippen LogP) is 4.45. The summed E-state index contributed by atoms with van der Waals surface area (Å²) in [5.41, 5.74) is 2.15. The van der Waals surface area contributed by atoms with E-state index in [-0.39, 0.29) is 21.4 Å². The van der Waals surface area contributed by atoms with Gasteiger partial charge in [0.2, 0.25) is 9.84 Å². The Morgan fingerprint density at radius 1 is 1.12 bits per heavy atom. The van der Waals surface area contributed by atoms with Crippen LogP contribution < -0.4 is 5.32 Å². The normalized spacial score (nSPS) is 20.2. The molecule has 2 aliphatic rings. The zero-order chi connectivity index (χ0) is 23.7. The van der Waals surface area contributed by atoms with Crippen molar-refractivity contribution in [2.24, 2.45) is 7.05 Å². The number of benzene rings is 2. The third-order valence-electron chi connectivity index (χ3n) is 6.54. The maximum Gasteiger partial charge on any atom is 0.340 e. The Hall–Kier alpha value is -2.71. The van der Waals surface area contributed by atoms with Crippen LogP contribution in [-0.2, 0) is 28.0 Å². The number of rotatable bonds is 3. The van der Waals surface area contributed by atoms with E-state index >= 15 is 0 Å². The minimum atomic E-state index is -4.11. The lowest BCUT2D eigenvalue weighted by Gasteiger charge is -2.24. The van der Waals surface area contributed by atoms with Crippen molar-refractivity contribution in [3.63, 3.8) is 0 Å². The van der Waals surface area contributed by atoms with E-state index in [2.05, 4.69) is 9.88 Å². The molecule has 2 aromatic carbocycles. The minimum absolute atomic E-state index is 0.0516. The molecular weight excluding hydrogens is 443 g/mol. The van der Waals surface area contributed by atoms with E-state index in [4.69, 9.17) is 4.74 Å². The smallest absolute Gasteiger partial charge is 0.340 e. The van der Waals surface area contributed by atoms with Crippen LogP contribution in [0.3, 0.4) is 0 Å². The number of aromatic nitrogens is 1. The van der Waals surface area contributed by atoms with Crippen molar-refractivity contribution in [2.75, 3.05) is 0 Å². The van der Waals surface area contributed by atoms with Gasteiger partial charge in [0.05, 0.1) is 15.4 Å². The van der Waals surface area contributed by atoms with Gasteiger partial charge < -0.3 is 14.6 Å². The SMILES string of the molecule is Cn1c2c(c3c(C(=O)OC(C)(C)C)c(S(=O)(=O)c4ccc(F)cc4)ccc31)C1CCC(C2)N1. The number of nitrogens with zero attached hydrogens (tertiary/aromatic N) is 1. The van der Waals surface area contributed by atoms with E-state index in [1.807, 2.05) is 7.05 Å². The molecule has 0 radical (unpaired) electrons. The van der Waals surface area contributed by atoms with Crippen LogP contribution >= 0.6 is 0 Å². The highest BCUT2D eigenvalue weighted by molar-refractivity contribution is 7.91. The van der Waals surface area contributed by atoms with Crippen molar-refractivity contribution in [1.82, 2.24) is 9.88 Å². The van der Waals surface area contributed by atoms with Gasteiger partial charge in [-0.05, 0) is 75.6 Å². The molecule has 0 amide bonds. The molecule has 0 spiro atoms. The van der Waals surface area contributed by atoms with E-state index in [1.165, 1.54) is 18.2 Å². The highest BCUT2D eigenvalue weighted by atomic mass is 32.2. The Morgan fingerprint density at radius 3 is 2.48 bits per heavy atom. The number of hydrogen-bond acceptors (Lipinski definition) is 5. The second-order valence-corrected chi connectivity index (χ2v) is 11.8. The maximum atomic E-state index is 13.7. The molecule has 2 bridgehead atoms. The topological polar surface area (TPSA) is 77.4 Å². The van der Waals surface area contributed by atoms with Crippen LogP contribution in [0.5, 0.6) is 0 Å². The number of esters is 1. The molecule has 2 aliphatic heterocycles. The van der Waals surface area contributed by atoms with Crippen molar-refractivity contribution in [2.45, 2.75) is 67.5 Å². The average molecular weight is 471 g/mol. The van der Waals surface area contributed by atoms with Gasteiger partial charge in [0.1, 0.15) is 11.4 Å². The molecule has 33 heavy (non-hydrogen) atoms. The molecule has 6 nitrogen and oxygen atoms in total. The predicted molar refractivity (Wildman–Crippen MR) is 123 cm³/mol. The summed E-state index contributed by atoms with van der Waals surface area (Å²) in [5.74, 6) is -1.21. The third-order valence-corrected chi connectivity index (χ3v) is 8.35. The van der Waals surface area contributed by atoms with Gasteiger partial charge in [-0.2, -0.15) is 0 Å². The van der Waals surface area contributed by atoms with Crippen LogP contribution in [0.25, 0.3) is 10.9 Å². The summed E-state index contributed by atoms with van der Waals surface area (Å²) < 4.78 is 48.6. The maximum absolute atomic E-state index is 13.7. The van der Waals surface area contributed by atoms with Gasteiger partial charge >= 0.3 is 5.97 Å². The summed E-state index contributed by atoms with van der Waals surface area (Å²) in [4.78, 5) is 13.4. The summed E-state index contributed by atoms with van der Waals surface area (Å²) in [5, 5.41) is 4.23. The van der Waals surface area contributed by atoms with Gasteiger partial charge in [-0.1, -0.05) is 0 Å². The van der Waals surface area contributed by atoms with Gasteiger partial charge in [0, 0.05) is 42.1 Å². The summed E-state index contributed by atoms with van der Waals surface area (Å²) in [6, 6.07) is 8.32. The molecule has 1 aromatic heterocycles. The molecule has 2 unspecified atom stereocenters. The number of carbonyl (C=O) groups excluding carboxylic acids is 1. The first-order valence-corrected chi connectivity index (χ1v) is 12.6. The van der Waals surface area contributed by atoms with Crippen molar-refractivity contribution >= 4 is 26.7 Å². The first kappa shape index (κ1) is 22.1. The monoisotopic (exact) mass is 470 g/mol. The van der Waals surface area contributed by atoms with Crippen LogP contribution in [0, 0.1) is 5.82 Å². The molecule has 0 saturated carbocycles. The summed E-state index contributed by atoms with van der Waals surface area (Å²) in [7, 11) is -2.15. The lowest BCUT2D eigenvalue weighted by Crippen LogP contribution is -2.32. The van der Waals surface area contributed by atoms with Gasteiger partial charge in [0.15, 0.2) is 0 Å². The number of nitrogens with one attached hydrogen (secondary N) is 1. The molecule has 2 atom stereocenters. The number of hydrogen-bond donors (Lipinski definition) is 1. The van der Waals surface area contributed by atoms with Crippen molar-refractivity contribution in [1.29, 1.82) is 0 Å². The zero-order valence-electron chi connectivity index (χ0n) is 19.1. The second-order valence-electron chi connectivity index (χ2n) is 9.91. The Morgan fingerprint density at radius 2 is 1.82 bits per heavy atom. The fourth-order valence-electron chi connectivity index (χ4n) is 5.15. The highest BCUT2D eigenvalue weighted by Gasteiger charge is 2.39. The molecule has 0 aliphatic carbocycles. The minimum Gasteiger partial charge on any atom is -0.456 e. The largest absolute Gasteiger partial charge is 0.456 e. The summed E-state index contributed by atoms with van der Waals surface area (Å²) >= 11 is 0. The van der Waals surface area contributed by atoms with Gasteiger partial charge in [-0.15, -0.1) is 0 Å². The molecule has 1 N–H and O–H groups in total. The fraction of sp³-hybridized carbons (Fsp3) is 0.400. The zero-order valence-corrected chi connectivity index (χ0v) is 19.9. The molecule has 8 heteroatoms. The van der Waals surface area contributed by atoms with Crippen molar-refractivity contribution in [3.8, 4) is 0 Å². The summed E-state index contributed by atoms with van der Waals surface area (Å²) in [6.45, 7) is 5.26. The summed E-state index contributed by atoms with van der Waals surface area (Å²) in [6.07, 6.45) is 2.79. The number of fused-ring (bicyclic) bond motifs is 6. The second kappa shape index (κ2) is 7.40. The van der Waals surface area contributed by atoms with Crippen molar-refractivity contribution in [3.05, 3.63) is 59.0 Å². The first-order valence-electron chi connectivity index (χ1n) is 11.1. The van der Waals surface area contributed by atoms with E-state index in [9.17, 15) is 17.6 Å². The fourth-order valence-corrected chi connectivity index (χ4v) is 6.60. The standard InChI is InChI=1S/C25H27FN2O4S/c1-25(2,3)32-24(29)23-20(33(30,31)16-8-5-14(26)6-9-16)12-11-18-22(23)21-17-10-7-15(27-17)13-19(21)28(18)4/h5-6,8-9,11-12,15,17,27H,7,10,13H2,1-4H3. The number of aryl methyl sites for hydroxylation is 1. The van der Waals surface area contributed by atoms with Crippen LogP contribution in [0.15, 0.2) is 46.2 Å². The average Bonchev–Trinajstić information content (AvgIpc) is 3.25. The number of carbonyl (C=O) groups is 1. The molecule has 3 heterocycles. The Labute approximate surface area is 192 Å². The van der Waals surface area contributed by atoms with Crippen LogP contribution in [-0.4, -0.2) is 30.6 Å². The Balaban J connectivity index is 1.83. The number of sulfone groups is 1. The molecule has 174 valence electrons. The highest BCUT2D eigenvalue weighted by Crippen LogP contribution is 2.44. The quantitative estimate of drug-likeness (QED) is 0.452. The van der Waals surface area contributed by atoms with E-state index in [1.54, 1.807) is 26.8 Å². The Bertz CT molecular complexity index is 1380. The number of ether oxygens (including phenoxy) is 1. The number of halogens is 1. The van der Waals surface area contributed by atoms with Crippen LogP contribution in [0.4, 0.5) is 4.39 Å².